The topological polar surface area (TPSA) is 104 Å². The van der Waals surface area contributed by atoms with E-state index in [1.165, 1.54) is 180 Å². The Kier molecular flexibility index (Phi) is 43.5. The lowest BCUT2D eigenvalue weighted by Crippen LogP contribution is -2.56. The van der Waals surface area contributed by atoms with Gasteiger partial charge in [-0.3, -0.25) is 7.32 Å². The molecule has 0 bridgehead atoms. The van der Waals surface area contributed by atoms with E-state index in [1.807, 2.05) is 0 Å². The van der Waals surface area contributed by atoms with Gasteiger partial charge in [0.25, 0.3) is 0 Å². The summed E-state index contributed by atoms with van der Waals surface area (Å²) < 4.78 is 56.4. The summed E-state index contributed by atoms with van der Waals surface area (Å²) in [5.41, 5.74) is 0. The van der Waals surface area contributed by atoms with Gasteiger partial charge in [0, 0.05) is 0 Å². The molecule has 11 nitrogen and oxygen atoms in total. The Morgan fingerprint density at radius 2 is 0.508 bits per heavy atom. The number of hydrogen-bond donors (Lipinski definition) is 0. The molecule has 0 aliphatic carbocycles. The van der Waals surface area contributed by atoms with E-state index >= 15 is 0 Å². The lowest BCUT2D eigenvalue weighted by Gasteiger charge is -2.35. The highest BCUT2D eigenvalue weighted by Crippen LogP contribution is 2.09. The second-order valence-electron chi connectivity index (χ2n) is 17.1. The third-order valence-electron chi connectivity index (χ3n) is 10.4. The maximum absolute atomic E-state index is 9.75. The third kappa shape index (κ3) is 49.8. The van der Waals surface area contributed by atoms with Gasteiger partial charge in [-0.2, -0.15) is 0 Å². The van der Waals surface area contributed by atoms with Crippen molar-refractivity contribution in [3.8, 4) is 0 Å². The van der Waals surface area contributed by atoms with Crippen LogP contribution in [0, 0.1) is 0 Å². The first-order valence-corrected chi connectivity index (χ1v) is 24.9. The van der Waals surface area contributed by atoms with Crippen molar-refractivity contribution < 1.29 is 50.6 Å². The molecule has 4 aromatic heterocycles. The predicted octanol–water partition coefficient (Wildman–Crippen LogP) is 8.04. The Balaban J connectivity index is 0. The van der Waals surface area contributed by atoms with Crippen LogP contribution in [0.25, 0.3) is 0 Å². The van der Waals surface area contributed by atoms with Crippen LogP contribution in [0.1, 0.15) is 182 Å². The molecule has 376 valence electrons. The van der Waals surface area contributed by atoms with E-state index in [0.717, 1.165) is 0 Å². The smallest absolute Gasteiger partial charge is 0.673 e. The lowest BCUT2D eigenvalue weighted by molar-refractivity contribution is -0.671. The van der Waals surface area contributed by atoms with Crippen LogP contribution in [-0.2, 0) is 54.4 Å². The monoisotopic (exact) mass is 927 g/mol. The summed E-state index contributed by atoms with van der Waals surface area (Å²) in [7, 11) is -0.648. The van der Waals surface area contributed by atoms with Gasteiger partial charge in [-0.25, -0.2) is 36.5 Å². The number of rotatable bonds is 28. The van der Waals surface area contributed by atoms with Gasteiger partial charge in [0.1, 0.15) is 49.6 Å². The second-order valence-corrected chi connectivity index (χ2v) is 17.1. The van der Waals surface area contributed by atoms with Crippen LogP contribution in [-0.4, -0.2) is 32.8 Å². The molecule has 0 fully saturated rings. The third-order valence-corrected chi connectivity index (χ3v) is 10.4. The molecule has 4 heterocycles. The van der Waals surface area contributed by atoms with Crippen LogP contribution in [0.15, 0.2) is 74.9 Å². The molecule has 0 aliphatic rings. The fourth-order valence-corrected chi connectivity index (χ4v) is 6.83. The molecular formula is C48H92B2F4N8O3. The van der Waals surface area contributed by atoms with Crippen molar-refractivity contribution in [3.05, 3.63) is 74.9 Å². The largest absolute Gasteiger partial charge is 0.907 e. The van der Waals surface area contributed by atoms with Crippen LogP contribution in [0.4, 0.5) is 17.3 Å². The van der Waals surface area contributed by atoms with Crippen LogP contribution in [0.3, 0.4) is 0 Å². The molecule has 4 rings (SSSR count). The normalized spacial score (nSPS) is 10.6. The van der Waals surface area contributed by atoms with Gasteiger partial charge in [0.15, 0.2) is 0 Å². The fourth-order valence-electron chi connectivity index (χ4n) is 6.83. The van der Waals surface area contributed by atoms with E-state index in [9.17, 15) is 17.3 Å². The summed E-state index contributed by atoms with van der Waals surface area (Å²) in [6.07, 6.45) is 58.5. The first-order valence-electron chi connectivity index (χ1n) is 24.9. The second kappa shape index (κ2) is 44.4. The summed E-state index contributed by atoms with van der Waals surface area (Å²) in [4.78, 5) is 0. The average Bonchev–Trinajstić information content (AvgIpc) is 4.06. The van der Waals surface area contributed by atoms with Gasteiger partial charge in [-0.05, 0) is 51.4 Å². The number of hydrogen-bond acceptors (Lipinski definition) is 3. The summed E-state index contributed by atoms with van der Waals surface area (Å²) in [6.45, 7) is 13.7. The Labute approximate surface area is 393 Å². The summed E-state index contributed by atoms with van der Waals surface area (Å²) in [5.74, 6) is 0. The van der Waals surface area contributed by atoms with E-state index in [0.29, 0.717) is 0 Å². The Hall–Kier alpha value is -3.43. The van der Waals surface area contributed by atoms with Crippen LogP contribution >= 0.6 is 0 Å². The molecule has 0 saturated heterocycles. The first kappa shape index (κ1) is 63.7. The van der Waals surface area contributed by atoms with Crippen molar-refractivity contribution in [2.75, 3.05) is 0 Å². The minimum Gasteiger partial charge on any atom is -0.907 e. The molecule has 0 amide bonds. The molecule has 0 aromatic carbocycles. The minimum absolute atomic E-state index is 1.17. The van der Waals surface area contributed by atoms with Crippen molar-refractivity contribution in [1.29, 1.82) is 0 Å². The number of halogens is 4. The van der Waals surface area contributed by atoms with Crippen LogP contribution in [0.5, 0.6) is 0 Å². The molecule has 65 heavy (non-hydrogen) atoms. The van der Waals surface area contributed by atoms with E-state index in [-0.39, 0.29) is 0 Å². The highest BCUT2D eigenvalue weighted by molar-refractivity contribution is 6.50. The Morgan fingerprint density at radius 1 is 0.354 bits per heavy atom. The molecule has 0 saturated carbocycles. The fraction of sp³-hybridized carbons (Fsp3) is 0.750. The Bertz CT molecular complexity index is 1350. The van der Waals surface area contributed by atoms with Gasteiger partial charge in [0.05, 0.1) is 54.4 Å². The summed E-state index contributed by atoms with van der Waals surface area (Å²) in [6, 6.07) is 0. The quantitative estimate of drug-likeness (QED) is 0.0249. The molecule has 0 aliphatic heterocycles. The standard InChI is InChI=1S/4C12H23N2.BF4.BO3/c4*1-3-4-5-6-7-8-9-14-11-10-13(2)12-14;2-1(3,4)5;2-1(3)4/h4*10-12H,3-9H2,1-2H3;;/q4*+1;-1;-3. The summed E-state index contributed by atoms with van der Waals surface area (Å²) >= 11 is 0. The zero-order chi connectivity index (χ0) is 49.0. The Morgan fingerprint density at radius 3 is 0.646 bits per heavy atom. The maximum atomic E-state index is 9.75. The molecule has 0 unspecified atom stereocenters. The van der Waals surface area contributed by atoms with Crippen molar-refractivity contribution in [2.24, 2.45) is 28.2 Å². The minimum atomic E-state index is -6.00. The van der Waals surface area contributed by atoms with Crippen molar-refractivity contribution in [1.82, 2.24) is 18.3 Å². The molecule has 0 atom stereocenters. The van der Waals surface area contributed by atoms with Crippen LogP contribution in [0.2, 0.25) is 0 Å². The molecule has 4 aromatic rings. The van der Waals surface area contributed by atoms with Crippen LogP contribution < -0.4 is 33.3 Å². The zero-order valence-corrected chi connectivity index (χ0v) is 42.2. The van der Waals surface area contributed by atoms with Gasteiger partial charge in [-0.1, -0.05) is 130 Å². The highest BCUT2D eigenvalue weighted by Gasteiger charge is 2.20. The van der Waals surface area contributed by atoms with Gasteiger partial charge in [0.2, 0.25) is 25.3 Å². The average molecular weight is 927 g/mol. The van der Waals surface area contributed by atoms with Gasteiger partial charge < -0.3 is 32.3 Å². The highest BCUT2D eigenvalue weighted by atomic mass is 19.5. The summed E-state index contributed by atoms with van der Waals surface area (Å²) in [5, 5.41) is 25.2. The van der Waals surface area contributed by atoms with Gasteiger partial charge in [-0.15, -0.1) is 0 Å². The van der Waals surface area contributed by atoms with Gasteiger partial charge >= 0.3 is 7.25 Å². The van der Waals surface area contributed by atoms with Crippen molar-refractivity contribution in [3.63, 3.8) is 0 Å². The number of imidazole rings is 4. The molecule has 0 radical (unpaired) electrons. The van der Waals surface area contributed by atoms with E-state index in [1.54, 1.807) is 0 Å². The molecule has 0 N–H and O–H groups in total. The number of unbranched alkanes of at least 4 members (excludes halogenated alkanes) is 20. The zero-order valence-electron chi connectivity index (χ0n) is 42.2. The van der Waals surface area contributed by atoms with Crippen molar-refractivity contribution in [2.45, 2.75) is 208 Å². The number of aryl methyl sites for hydroxylation is 8. The maximum Gasteiger partial charge on any atom is 0.673 e. The van der Waals surface area contributed by atoms with E-state index in [4.69, 9.17) is 15.1 Å². The molecule has 17 heteroatoms. The van der Waals surface area contributed by atoms with E-state index in [2.05, 4.69) is 167 Å². The number of aromatic nitrogens is 8. The SMILES string of the molecule is CCCCCCCCn1cc[n+](C)c1.CCCCCCCCn1cc[n+](C)c1.CCCCCCCCn1cc[n+](C)c1.CCCCCCCCn1cc[n+](C)c1.F[B-](F)(F)F.[O-]B([O-])[O-]. The first-order chi connectivity index (χ1) is 31.0. The van der Waals surface area contributed by atoms with Crippen molar-refractivity contribution >= 4 is 14.6 Å². The molecular weight excluding hydrogens is 834 g/mol. The molecule has 0 spiro atoms. The lowest BCUT2D eigenvalue weighted by atomic mass is 10.1. The predicted molar refractivity (Wildman–Crippen MR) is 252 cm³/mol. The number of nitrogens with zero attached hydrogens (tertiary/aromatic N) is 8. The van der Waals surface area contributed by atoms with E-state index < -0.39 is 14.6 Å².